The summed E-state index contributed by atoms with van der Waals surface area (Å²) in [7, 11) is -2.62. The number of rotatable bonds is 0. The minimum atomic E-state index is -2.62. The van der Waals surface area contributed by atoms with Crippen LogP contribution in [0.5, 0.6) is 0 Å². The predicted octanol–water partition coefficient (Wildman–Crippen LogP) is -2.76. The topological polar surface area (TPSA) is 60.7 Å². The molecule has 0 radical (unpaired) electrons. The van der Waals surface area contributed by atoms with Gasteiger partial charge in [-0.15, -0.1) is 0 Å². The Labute approximate surface area is 110 Å². The summed E-state index contributed by atoms with van der Waals surface area (Å²) in [5.41, 5.74) is 0. The first-order valence-corrected chi connectivity index (χ1v) is 1.80. The maximum atomic E-state index is 7.23. The molecule has 7 heavy (non-hydrogen) atoms. The SMILES string of the molecule is OP(O)O.[NaH].[NaH].[NaH]. The first-order chi connectivity index (χ1) is 1.73. The van der Waals surface area contributed by atoms with Gasteiger partial charge in [0.2, 0.25) is 0 Å². The molecule has 0 spiro atoms. The molecular formula is H6Na3O3P. The van der Waals surface area contributed by atoms with E-state index in [1.165, 1.54) is 0 Å². The molecule has 0 aliphatic rings. The van der Waals surface area contributed by atoms with E-state index in [0.717, 1.165) is 0 Å². The van der Waals surface area contributed by atoms with Crippen molar-refractivity contribution >= 4 is 97.3 Å². The fourth-order valence-corrected chi connectivity index (χ4v) is 0. The van der Waals surface area contributed by atoms with Gasteiger partial charge in [0.05, 0.1) is 0 Å². The van der Waals surface area contributed by atoms with Crippen LogP contribution >= 0.6 is 8.60 Å². The van der Waals surface area contributed by atoms with Gasteiger partial charge in [-0.2, -0.15) is 0 Å². The van der Waals surface area contributed by atoms with Gasteiger partial charge in [-0.3, -0.25) is 0 Å². The van der Waals surface area contributed by atoms with E-state index in [9.17, 15) is 0 Å². The van der Waals surface area contributed by atoms with Gasteiger partial charge in [0.1, 0.15) is 0 Å². The summed E-state index contributed by atoms with van der Waals surface area (Å²) in [6.45, 7) is 0. The van der Waals surface area contributed by atoms with E-state index in [1.54, 1.807) is 0 Å². The van der Waals surface area contributed by atoms with Crippen LogP contribution < -0.4 is 0 Å². The molecule has 0 saturated carbocycles. The standard InChI is InChI=1S/3Na.H3O3P.3H/c;;;1-4(2)3;;;/h;;;1-3H;;;. The Balaban J connectivity index is -0.0000000150. The van der Waals surface area contributed by atoms with Crippen LogP contribution in [0.3, 0.4) is 0 Å². The summed E-state index contributed by atoms with van der Waals surface area (Å²) < 4.78 is 0. The van der Waals surface area contributed by atoms with Crippen LogP contribution in [0.1, 0.15) is 0 Å². The minimum absolute atomic E-state index is 0. The van der Waals surface area contributed by atoms with Crippen LogP contribution in [0, 0.1) is 0 Å². The molecule has 0 saturated heterocycles. The van der Waals surface area contributed by atoms with E-state index in [4.69, 9.17) is 14.7 Å². The summed E-state index contributed by atoms with van der Waals surface area (Å²) >= 11 is 0. The number of hydrogen-bond donors (Lipinski definition) is 3. The van der Waals surface area contributed by atoms with Crippen molar-refractivity contribution in [2.24, 2.45) is 0 Å². The molecule has 0 aromatic heterocycles. The van der Waals surface area contributed by atoms with Gasteiger partial charge in [-0.05, 0) is 0 Å². The van der Waals surface area contributed by atoms with Gasteiger partial charge >= 0.3 is 97.3 Å². The van der Waals surface area contributed by atoms with Crippen molar-refractivity contribution in [1.82, 2.24) is 0 Å². The fourth-order valence-electron chi connectivity index (χ4n) is 0. The van der Waals surface area contributed by atoms with Gasteiger partial charge in [0, 0.05) is 0 Å². The maximum absolute atomic E-state index is 7.23. The molecule has 0 aliphatic heterocycles. The van der Waals surface area contributed by atoms with Crippen LogP contribution in [0.2, 0.25) is 0 Å². The Hall–Kier alpha value is 3.31. The Morgan fingerprint density at radius 1 is 0.714 bits per heavy atom. The van der Waals surface area contributed by atoms with E-state index < -0.39 is 8.60 Å². The Morgan fingerprint density at radius 2 is 0.714 bits per heavy atom. The molecule has 3 nitrogen and oxygen atoms in total. The molecule has 0 rings (SSSR count). The zero-order chi connectivity index (χ0) is 3.58. The summed E-state index contributed by atoms with van der Waals surface area (Å²) in [6, 6.07) is 0. The van der Waals surface area contributed by atoms with Crippen LogP contribution in [0.25, 0.3) is 0 Å². The second-order valence-corrected chi connectivity index (χ2v) is 0.805. The van der Waals surface area contributed by atoms with Crippen LogP contribution in [0.4, 0.5) is 0 Å². The van der Waals surface area contributed by atoms with Gasteiger partial charge in [0.15, 0.2) is 0 Å². The average Bonchev–Trinajstić information content (AvgIpc) is 0.811. The molecule has 0 aliphatic carbocycles. The van der Waals surface area contributed by atoms with Crippen LogP contribution in [0.15, 0.2) is 0 Å². The summed E-state index contributed by atoms with van der Waals surface area (Å²) in [6.07, 6.45) is 0. The van der Waals surface area contributed by atoms with Gasteiger partial charge in [-0.1, -0.05) is 0 Å². The van der Waals surface area contributed by atoms with Gasteiger partial charge < -0.3 is 14.7 Å². The monoisotopic (exact) mass is 154 g/mol. The second kappa shape index (κ2) is 16.1. The van der Waals surface area contributed by atoms with Crippen LogP contribution in [-0.2, 0) is 0 Å². The van der Waals surface area contributed by atoms with Crippen molar-refractivity contribution in [2.45, 2.75) is 0 Å². The van der Waals surface area contributed by atoms with Crippen molar-refractivity contribution in [3.8, 4) is 0 Å². The summed E-state index contributed by atoms with van der Waals surface area (Å²) in [5.74, 6) is 0. The molecule has 0 atom stereocenters. The Morgan fingerprint density at radius 3 is 0.714 bits per heavy atom. The first-order valence-electron chi connectivity index (χ1n) is 0.600. The first kappa shape index (κ1) is 22.4. The van der Waals surface area contributed by atoms with Crippen molar-refractivity contribution < 1.29 is 14.7 Å². The molecule has 0 unspecified atom stereocenters. The zero-order valence-electron chi connectivity index (χ0n) is 1.79. The van der Waals surface area contributed by atoms with Crippen molar-refractivity contribution in [3.05, 3.63) is 0 Å². The second-order valence-electron chi connectivity index (χ2n) is 0.268. The van der Waals surface area contributed by atoms with Crippen molar-refractivity contribution in [1.29, 1.82) is 0 Å². The van der Waals surface area contributed by atoms with Crippen LogP contribution in [-0.4, -0.2) is 103 Å². The Bertz CT molecular complexity index is 14.9. The molecule has 0 bridgehead atoms. The van der Waals surface area contributed by atoms with E-state index in [0.29, 0.717) is 0 Å². The van der Waals surface area contributed by atoms with Crippen molar-refractivity contribution in [2.75, 3.05) is 0 Å². The van der Waals surface area contributed by atoms with E-state index in [1.807, 2.05) is 0 Å². The van der Waals surface area contributed by atoms with Gasteiger partial charge in [-0.25, -0.2) is 0 Å². The molecule has 0 amide bonds. The number of hydrogen-bond acceptors (Lipinski definition) is 3. The van der Waals surface area contributed by atoms with E-state index in [-0.39, 0.29) is 88.7 Å². The zero-order valence-corrected chi connectivity index (χ0v) is 2.68. The molecule has 0 heterocycles. The summed E-state index contributed by atoms with van der Waals surface area (Å²) in [4.78, 5) is 21.7. The van der Waals surface area contributed by atoms with E-state index in [2.05, 4.69) is 0 Å². The van der Waals surface area contributed by atoms with E-state index >= 15 is 0 Å². The molecule has 32 valence electrons. The molecule has 0 aromatic rings. The molecule has 0 aromatic carbocycles. The van der Waals surface area contributed by atoms with Gasteiger partial charge in [0.25, 0.3) is 0 Å². The quantitative estimate of drug-likeness (QED) is 0.262. The predicted molar refractivity (Wildman–Crippen MR) is 35.0 cm³/mol. The molecule has 7 heteroatoms. The molecular weight excluding hydrogens is 148 g/mol. The Kier molecular flexibility index (Phi) is 51.8. The third-order valence-electron chi connectivity index (χ3n) is 0. The summed E-state index contributed by atoms with van der Waals surface area (Å²) in [5, 5.41) is 0. The third-order valence-corrected chi connectivity index (χ3v) is 0. The normalized spacial score (nSPS) is 5.14. The third kappa shape index (κ3) is 45.4. The fraction of sp³-hybridized carbons (Fsp3) is 0. The molecule has 0 fully saturated rings. The molecule has 3 N–H and O–H groups in total. The average molecular weight is 154 g/mol. The van der Waals surface area contributed by atoms with Crippen molar-refractivity contribution in [3.63, 3.8) is 0 Å².